The van der Waals surface area contributed by atoms with Crippen molar-refractivity contribution in [1.82, 2.24) is 10.5 Å². The van der Waals surface area contributed by atoms with E-state index in [1.807, 2.05) is 50.2 Å². The highest BCUT2D eigenvalue weighted by Crippen LogP contribution is 2.25. The third kappa shape index (κ3) is 4.31. The summed E-state index contributed by atoms with van der Waals surface area (Å²) < 4.78 is 11.2. The third-order valence-electron chi connectivity index (χ3n) is 4.37. The maximum atomic E-state index is 12.6. The molecule has 0 spiro atoms. The number of rotatable bonds is 6. The molecule has 0 saturated carbocycles. The predicted molar refractivity (Wildman–Crippen MR) is 104 cm³/mol. The van der Waals surface area contributed by atoms with E-state index in [9.17, 15) is 4.79 Å². The van der Waals surface area contributed by atoms with Gasteiger partial charge in [-0.25, -0.2) is 0 Å². The number of carbonyl (C=O) groups excluding carboxylic acids is 1. The standard InChI is InChI=1S/C21H21ClN2O3/c1-13-7-6-8-14(2)20(13)26-12-17-15(3)27-24-19(17)21(25)23-11-16-9-4-5-10-18(16)22/h4-10H,11-12H2,1-3H3,(H,23,25). The molecule has 0 bridgehead atoms. The summed E-state index contributed by atoms with van der Waals surface area (Å²) in [5.41, 5.74) is 3.77. The Labute approximate surface area is 163 Å². The minimum Gasteiger partial charge on any atom is -0.488 e. The van der Waals surface area contributed by atoms with E-state index in [4.69, 9.17) is 20.9 Å². The van der Waals surface area contributed by atoms with Gasteiger partial charge in [0.05, 0.1) is 5.56 Å². The average Bonchev–Trinajstić information content (AvgIpc) is 3.01. The van der Waals surface area contributed by atoms with Crippen LogP contribution in [-0.4, -0.2) is 11.1 Å². The minimum atomic E-state index is -0.327. The third-order valence-corrected chi connectivity index (χ3v) is 4.74. The maximum absolute atomic E-state index is 12.6. The van der Waals surface area contributed by atoms with E-state index in [2.05, 4.69) is 10.5 Å². The van der Waals surface area contributed by atoms with Gasteiger partial charge in [-0.2, -0.15) is 0 Å². The lowest BCUT2D eigenvalue weighted by molar-refractivity contribution is 0.0939. The first kappa shape index (κ1) is 19.0. The topological polar surface area (TPSA) is 64.4 Å². The first-order valence-corrected chi connectivity index (χ1v) is 9.01. The van der Waals surface area contributed by atoms with Crippen LogP contribution in [0.3, 0.4) is 0 Å². The van der Waals surface area contributed by atoms with E-state index in [0.717, 1.165) is 22.4 Å². The number of aryl methyl sites for hydroxylation is 3. The minimum absolute atomic E-state index is 0.204. The Morgan fingerprint density at radius 3 is 2.52 bits per heavy atom. The van der Waals surface area contributed by atoms with Gasteiger partial charge in [0, 0.05) is 11.6 Å². The van der Waals surface area contributed by atoms with Crippen LogP contribution in [0.15, 0.2) is 47.0 Å². The largest absolute Gasteiger partial charge is 0.488 e. The van der Waals surface area contributed by atoms with Crippen molar-refractivity contribution >= 4 is 17.5 Å². The van der Waals surface area contributed by atoms with Gasteiger partial charge < -0.3 is 14.6 Å². The van der Waals surface area contributed by atoms with E-state index in [-0.39, 0.29) is 18.2 Å². The van der Waals surface area contributed by atoms with Gasteiger partial charge in [-0.3, -0.25) is 4.79 Å². The highest BCUT2D eigenvalue weighted by Gasteiger charge is 2.21. The predicted octanol–water partition coefficient (Wildman–Crippen LogP) is 4.76. The summed E-state index contributed by atoms with van der Waals surface area (Å²) in [7, 11) is 0. The molecule has 0 aliphatic carbocycles. The van der Waals surface area contributed by atoms with Gasteiger partial charge in [0.1, 0.15) is 18.1 Å². The van der Waals surface area contributed by atoms with Crippen LogP contribution in [0, 0.1) is 20.8 Å². The number of ether oxygens (including phenoxy) is 1. The summed E-state index contributed by atoms with van der Waals surface area (Å²) in [6.07, 6.45) is 0. The van der Waals surface area contributed by atoms with Crippen LogP contribution in [0.2, 0.25) is 5.02 Å². The maximum Gasteiger partial charge on any atom is 0.274 e. The highest BCUT2D eigenvalue weighted by molar-refractivity contribution is 6.31. The molecule has 140 valence electrons. The molecule has 0 fully saturated rings. The summed E-state index contributed by atoms with van der Waals surface area (Å²) in [6, 6.07) is 13.3. The van der Waals surface area contributed by atoms with Crippen molar-refractivity contribution in [1.29, 1.82) is 0 Å². The van der Waals surface area contributed by atoms with Crippen LogP contribution in [0.4, 0.5) is 0 Å². The van der Waals surface area contributed by atoms with Crippen LogP contribution >= 0.6 is 11.6 Å². The summed E-state index contributed by atoms with van der Waals surface area (Å²) in [4.78, 5) is 12.6. The fourth-order valence-corrected chi connectivity index (χ4v) is 3.01. The molecule has 1 amide bonds. The molecule has 3 rings (SSSR count). The zero-order chi connectivity index (χ0) is 19.4. The van der Waals surface area contributed by atoms with Gasteiger partial charge >= 0.3 is 0 Å². The van der Waals surface area contributed by atoms with Crippen LogP contribution in [-0.2, 0) is 13.2 Å². The van der Waals surface area contributed by atoms with E-state index in [1.165, 1.54) is 0 Å². The Morgan fingerprint density at radius 2 is 1.81 bits per heavy atom. The van der Waals surface area contributed by atoms with Gasteiger partial charge in [0.15, 0.2) is 5.69 Å². The Balaban J connectivity index is 1.72. The first-order chi connectivity index (χ1) is 13.0. The van der Waals surface area contributed by atoms with Crippen LogP contribution in [0.5, 0.6) is 5.75 Å². The van der Waals surface area contributed by atoms with E-state index in [0.29, 0.717) is 22.9 Å². The molecule has 0 aliphatic heterocycles. The highest BCUT2D eigenvalue weighted by atomic mass is 35.5. The molecule has 5 nitrogen and oxygen atoms in total. The fraction of sp³-hybridized carbons (Fsp3) is 0.238. The van der Waals surface area contributed by atoms with Gasteiger partial charge in [-0.05, 0) is 43.5 Å². The molecule has 6 heteroatoms. The Morgan fingerprint density at radius 1 is 1.11 bits per heavy atom. The number of halogens is 1. The van der Waals surface area contributed by atoms with Crippen molar-refractivity contribution in [2.75, 3.05) is 0 Å². The number of para-hydroxylation sites is 1. The quantitative estimate of drug-likeness (QED) is 0.665. The number of amides is 1. The lowest BCUT2D eigenvalue weighted by Gasteiger charge is -2.12. The molecule has 3 aromatic rings. The number of nitrogens with zero attached hydrogens (tertiary/aromatic N) is 1. The Kier molecular flexibility index (Phi) is 5.81. The number of carbonyl (C=O) groups is 1. The Bertz CT molecular complexity index is 946. The number of nitrogens with one attached hydrogen (secondary N) is 1. The van der Waals surface area contributed by atoms with Gasteiger partial charge in [0.25, 0.3) is 5.91 Å². The molecule has 27 heavy (non-hydrogen) atoms. The number of aromatic nitrogens is 1. The SMILES string of the molecule is Cc1cccc(C)c1OCc1c(C(=O)NCc2ccccc2Cl)noc1C. The molecule has 0 atom stereocenters. The second-order valence-electron chi connectivity index (χ2n) is 6.35. The zero-order valence-electron chi connectivity index (χ0n) is 15.5. The fourth-order valence-electron chi connectivity index (χ4n) is 2.81. The second kappa shape index (κ2) is 8.27. The van der Waals surface area contributed by atoms with Crippen molar-refractivity contribution < 1.29 is 14.1 Å². The second-order valence-corrected chi connectivity index (χ2v) is 6.76. The number of hydrogen-bond donors (Lipinski definition) is 1. The smallest absolute Gasteiger partial charge is 0.274 e. The van der Waals surface area contributed by atoms with Gasteiger partial charge in [-0.1, -0.05) is 53.2 Å². The van der Waals surface area contributed by atoms with E-state index < -0.39 is 0 Å². The molecule has 0 aliphatic rings. The lowest BCUT2D eigenvalue weighted by Crippen LogP contribution is -2.24. The van der Waals surface area contributed by atoms with Gasteiger partial charge in [0.2, 0.25) is 0 Å². The lowest BCUT2D eigenvalue weighted by atomic mass is 10.1. The number of hydrogen-bond acceptors (Lipinski definition) is 4. The average molecular weight is 385 g/mol. The molecule has 1 heterocycles. The van der Waals surface area contributed by atoms with Crippen molar-refractivity contribution in [2.45, 2.75) is 33.9 Å². The van der Waals surface area contributed by atoms with Crippen molar-refractivity contribution in [2.24, 2.45) is 0 Å². The molecule has 2 aromatic carbocycles. The van der Waals surface area contributed by atoms with Crippen molar-refractivity contribution in [3.8, 4) is 5.75 Å². The molecule has 1 aromatic heterocycles. The molecule has 0 radical (unpaired) electrons. The van der Waals surface area contributed by atoms with Gasteiger partial charge in [-0.15, -0.1) is 0 Å². The molecular formula is C21H21ClN2O3. The summed E-state index contributed by atoms with van der Waals surface area (Å²) >= 11 is 6.13. The molecule has 1 N–H and O–H groups in total. The van der Waals surface area contributed by atoms with Crippen LogP contribution < -0.4 is 10.1 Å². The van der Waals surface area contributed by atoms with E-state index in [1.54, 1.807) is 13.0 Å². The van der Waals surface area contributed by atoms with Crippen molar-refractivity contribution in [3.63, 3.8) is 0 Å². The normalized spacial score (nSPS) is 10.7. The van der Waals surface area contributed by atoms with Crippen LogP contribution in [0.1, 0.15) is 38.5 Å². The summed E-state index contributed by atoms with van der Waals surface area (Å²) in [5.74, 6) is 1.04. The zero-order valence-corrected chi connectivity index (χ0v) is 16.3. The van der Waals surface area contributed by atoms with Crippen LogP contribution in [0.25, 0.3) is 0 Å². The van der Waals surface area contributed by atoms with E-state index >= 15 is 0 Å². The van der Waals surface area contributed by atoms with Crippen molar-refractivity contribution in [3.05, 3.63) is 81.2 Å². The summed E-state index contributed by atoms with van der Waals surface area (Å²) in [5, 5.41) is 7.34. The first-order valence-electron chi connectivity index (χ1n) is 8.63. The number of benzene rings is 2. The monoisotopic (exact) mass is 384 g/mol. The molecular weight excluding hydrogens is 364 g/mol. The summed E-state index contributed by atoms with van der Waals surface area (Å²) in [6.45, 7) is 6.25. The molecule has 0 saturated heterocycles. The Hall–Kier alpha value is -2.79. The molecule has 0 unspecified atom stereocenters.